The number of hydrogen-bond donors (Lipinski definition) is 0. The van der Waals surface area contributed by atoms with Crippen LogP contribution < -0.4 is 0 Å². The summed E-state index contributed by atoms with van der Waals surface area (Å²) in [7, 11) is 0. The predicted octanol–water partition coefficient (Wildman–Crippen LogP) is 1.36. The molecule has 1 unspecified atom stereocenters. The van der Waals surface area contributed by atoms with Gasteiger partial charge in [0.25, 0.3) is 0 Å². The van der Waals surface area contributed by atoms with E-state index in [1.54, 1.807) is 6.92 Å². The maximum Gasteiger partial charge on any atom is 0.230 e. The number of ketones is 2. The molecule has 2 aliphatic heterocycles. The molecule has 1 fully saturated rings. The van der Waals surface area contributed by atoms with Crippen LogP contribution in [0.3, 0.4) is 0 Å². The van der Waals surface area contributed by atoms with Crippen LogP contribution in [0.5, 0.6) is 0 Å². The van der Waals surface area contributed by atoms with Crippen molar-refractivity contribution in [1.29, 1.82) is 0 Å². The van der Waals surface area contributed by atoms with Crippen molar-refractivity contribution in [3.8, 4) is 0 Å². The minimum absolute atomic E-state index is 0.0237. The van der Waals surface area contributed by atoms with Crippen LogP contribution in [0.25, 0.3) is 0 Å². The van der Waals surface area contributed by atoms with Crippen molar-refractivity contribution in [2.75, 3.05) is 13.1 Å². The van der Waals surface area contributed by atoms with E-state index >= 15 is 0 Å². The van der Waals surface area contributed by atoms with Gasteiger partial charge in [0.1, 0.15) is 17.2 Å². The molecule has 0 bridgehead atoms. The van der Waals surface area contributed by atoms with Gasteiger partial charge in [0.15, 0.2) is 0 Å². The van der Waals surface area contributed by atoms with E-state index in [9.17, 15) is 9.59 Å². The smallest absolute Gasteiger partial charge is 0.230 e. The molecule has 19 heavy (non-hydrogen) atoms. The van der Waals surface area contributed by atoms with E-state index in [1.165, 1.54) is 0 Å². The monoisotopic (exact) mass is 257 g/mol. The van der Waals surface area contributed by atoms with E-state index < -0.39 is 0 Å². The van der Waals surface area contributed by atoms with Gasteiger partial charge in [-0.2, -0.15) is 0 Å². The molecule has 1 aromatic rings. The van der Waals surface area contributed by atoms with Crippen molar-refractivity contribution in [3.05, 3.63) is 28.5 Å². The van der Waals surface area contributed by atoms with E-state index in [0.29, 0.717) is 28.6 Å². The average Bonchev–Trinajstić information content (AvgIpc) is 3.03. The maximum atomic E-state index is 12.5. The van der Waals surface area contributed by atoms with Gasteiger partial charge < -0.3 is 9.47 Å². The summed E-state index contributed by atoms with van der Waals surface area (Å²) in [6, 6.07) is 0. The van der Waals surface area contributed by atoms with Crippen LogP contribution in [-0.4, -0.2) is 39.1 Å². The molecule has 1 atom stereocenters. The van der Waals surface area contributed by atoms with E-state index in [-0.39, 0.29) is 11.6 Å². The Labute approximate surface area is 110 Å². The molecule has 0 N–H and O–H groups in total. The SMILES string of the molecule is CC1=C(N2CC2)C(=O)c2nc3n(c2C1=O)CCC3C. The number of carbonyl (C=O) groups excluding carboxylic acids is 2. The van der Waals surface area contributed by atoms with Crippen molar-refractivity contribution in [3.63, 3.8) is 0 Å². The van der Waals surface area contributed by atoms with Gasteiger partial charge in [-0.05, 0) is 13.3 Å². The summed E-state index contributed by atoms with van der Waals surface area (Å²) < 4.78 is 1.95. The Morgan fingerprint density at radius 2 is 1.89 bits per heavy atom. The van der Waals surface area contributed by atoms with Crippen molar-refractivity contribution in [2.24, 2.45) is 0 Å². The highest BCUT2D eigenvalue weighted by Crippen LogP contribution is 2.36. The average molecular weight is 257 g/mol. The third kappa shape index (κ3) is 1.27. The quantitative estimate of drug-likeness (QED) is 0.713. The Morgan fingerprint density at radius 3 is 2.58 bits per heavy atom. The lowest BCUT2D eigenvalue weighted by molar-refractivity contribution is 0.0952. The highest BCUT2D eigenvalue weighted by atomic mass is 16.1. The van der Waals surface area contributed by atoms with Crippen molar-refractivity contribution < 1.29 is 9.59 Å². The van der Waals surface area contributed by atoms with Gasteiger partial charge in [0, 0.05) is 31.1 Å². The highest BCUT2D eigenvalue weighted by molar-refractivity contribution is 6.25. The molecule has 3 aliphatic rings. The molecule has 1 saturated heterocycles. The largest absolute Gasteiger partial charge is 0.364 e. The second kappa shape index (κ2) is 3.35. The van der Waals surface area contributed by atoms with Crippen LogP contribution in [0.2, 0.25) is 0 Å². The van der Waals surface area contributed by atoms with Crippen molar-refractivity contribution >= 4 is 11.6 Å². The predicted molar refractivity (Wildman–Crippen MR) is 68.2 cm³/mol. The van der Waals surface area contributed by atoms with E-state index in [1.807, 2.05) is 9.47 Å². The van der Waals surface area contributed by atoms with Crippen LogP contribution in [0.4, 0.5) is 0 Å². The molecule has 0 radical (unpaired) electrons. The van der Waals surface area contributed by atoms with Crippen LogP contribution >= 0.6 is 0 Å². The number of aromatic nitrogens is 2. The van der Waals surface area contributed by atoms with Crippen LogP contribution in [-0.2, 0) is 6.54 Å². The molecule has 5 heteroatoms. The van der Waals surface area contributed by atoms with Gasteiger partial charge in [-0.25, -0.2) is 4.98 Å². The Morgan fingerprint density at radius 1 is 1.16 bits per heavy atom. The van der Waals surface area contributed by atoms with Gasteiger partial charge in [-0.3, -0.25) is 9.59 Å². The maximum absolute atomic E-state index is 12.5. The van der Waals surface area contributed by atoms with E-state index in [2.05, 4.69) is 11.9 Å². The first-order valence-corrected chi connectivity index (χ1v) is 6.75. The zero-order valence-electron chi connectivity index (χ0n) is 11.1. The van der Waals surface area contributed by atoms with Gasteiger partial charge in [-0.1, -0.05) is 6.92 Å². The van der Waals surface area contributed by atoms with Gasteiger partial charge in [0.05, 0.1) is 5.70 Å². The number of carbonyl (C=O) groups is 2. The third-order valence-corrected chi connectivity index (χ3v) is 4.33. The molecule has 5 nitrogen and oxygen atoms in total. The fourth-order valence-corrected chi connectivity index (χ4v) is 3.14. The van der Waals surface area contributed by atoms with Crippen molar-refractivity contribution in [1.82, 2.24) is 14.5 Å². The molecule has 0 spiro atoms. The topological polar surface area (TPSA) is 55.0 Å². The second-order valence-electron chi connectivity index (χ2n) is 5.63. The normalized spacial score (nSPS) is 24.9. The zero-order chi connectivity index (χ0) is 13.3. The summed E-state index contributed by atoms with van der Waals surface area (Å²) in [5, 5.41) is 0. The molecule has 1 aliphatic carbocycles. The Hall–Kier alpha value is -1.91. The van der Waals surface area contributed by atoms with Gasteiger partial charge in [-0.15, -0.1) is 0 Å². The molecule has 4 rings (SSSR count). The summed E-state index contributed by atoms with van der Waals surface area (Å²) in [5.74, 6) is 1.13. The molecule has 0 saturated carbocycles. The number of fused-ring (bicyclic) bond motifs is 3. The Balaban J connectivity index is 1.93. The number of hydrogen-bond acceptors (Lipinski definition) is 4. The summed E-state index contributed by atoms with van der Waals surface area (Å²) in [6.07, 6.45) is 0.999. The number of rotatable bonds is 1. The van der Waals surface area contributed by atoms with Gasteiger partial charge >= 0.3 is 0 Å². The minimum atomic E-state index is -0.0706. The van der Waals surface area contributed by atoms with Gasteiger partial charge in [0.2, 0.25) is 11.6 Å². The molecule has 0 amide bonds. The number of imidazole rings is 1. The lowest BCUT2D eigenvalue weighted by Crippen LogP contribution is -2.26. The fraction of sp³-hybridized carbons (Fsp3) is 0.500. The lowest BCUT2D eigenvalue weighted by Gasteiger charge is -2.17. The minimum Gasteiger partial charge on any atom is -0.364 e. The first kappa shape index (κ1) is 11.0. The standard InChI is InChI=1S/C14H15N3O2/c1-7-3-4-17-11-9(15-14(7)17)13(19)10(16-5-6-16)8(2)12(11)18/h7H,3-6H2,1-2H3. The number of allylic oxidation sites excluding steroid dienone is 2. The zero-order valence-corrected chi connectivity index (χ0v) is 11.1. The molecule has 1 aromatic heterocycles. The van der Waals surface area contributed by atoms with Crippen LogP contribution in [0.1, 0.15) is 53.0 Å². The number of Topliss-reactive ketones (excluding diaryl/α,β-unsaturated/α-hetero) is 2. The Bertz CT molecular complexity index is 664. The molecule has 0 aromatic carbocycles. The Kier molecular flexibility index (Phi) is 1.93. The second-order valence-corrected chi connectivity index (χ2v) is 5.63. The van der Waals surface area contributed by atoms with Crippen LogP contribution in [0.15, 0.2) is 11.3 Å². The van der Waals surface area contributed by atoms with Crippen LogP contribution in [0, 0.1) is 0 Å². The summed E-state index contributed by atoms with van der Waals surface area (Å²) in [5.41, 5.74) is 2.05. The molecular weight excluding hydrogens is 242 g/mol. The molecular formula is C14H15N3O2. The highest BCUT2D eigenvalue weighted by Gasteiger charge is 2.42. The molecule has 3 heterocycles. The first-order valence-electron chi connectivity index (χ1n) is 6.75. The molecule has 98 valence electrons. The summed E-state index contributed by atoms with van der Waals surface area (Å²) >= 11 is 0. The van der Waals surface area contributed by atoms with E-state index in [4.69, 9.17) is 0 Å². The van der Waals surface area contributed by atoms with Crippen molar-refractivity contribution in [2.45, 2.75) is 32.7 Å². The number of nitrogens with zero attached hydrogens (tertiary/aromatic N) is 3. The lowest BCUT2D eigenvalue weighted by atomic mass is 9.95. The summed E-state index contributed by atoms with van der Waals surface area (Å²) in [6.45, 7) is 6.38. The fourth-order valence-electron chi connectivity index (χ4n) is 3.14. The third-order valence-electron chi connectivity index (χ3n) is 4.33. The first-order chi connectivity index (χ1) is 9.09. The summed E-state index contributed by atoms with van der Waals surface area (Å²) in [4.78, 5) is 31.5. The van der Waals surface area contributed by atoms with E-state index in [0.717, 1.165) is 31.9 Å².